The van der Waals surface area contributed by atoms with Crippen LogP contribution in [0.3, 0.4) is 0 Å². The van der Waals surface area contributed by atoms with E-state index in [1.165, 1.54) is 5.56 Å². The van der Waals surface area contributed by atoms with Crippen LogP contribution in [0.5, 0.6) is 0 Å². The molecule has 1 aromatic carbocycles. The first kappa shape index (κ1) is 18.8. The van der Waals surface area contributed by atoms with E-state index in [1.807, 2.05) is 31.2 Å². The normalized spacial score (nSPS) is 12.1. The Balaban J connectivity index is 1.63. The van der Waals surface area contributed by atoms with Crippen LogP contribution in [0.15, 0.2) is 60.9 Å². The van der Waals surface area contributed by atoms with Crippen LogP contribution in [0.4, 0.5) is 0 Å². The van der Waals surface area contributed by atoms with Gasteiger partial charge in [0.15, 0.2) is 11.5 Å². The summed E-state index contributed by atoms with van der Waals surface area (Å²) in [6.45, 7) is 6.03. The zero-order chi connectivity index (χ0) is 20.4. The van der Waals surface area contributed by atoms with Crippen molar-refractivity contribution in [3.8, 4) is 5.82 Å². The summed E-state index contributed by atoms with van der Waals surface area (Å²) >= 11 is 0. The molecule has 0 aliphatic carbocycles. The summed E-state index contributed by atoms with van der Waals surface area (Å²) in [5.74, 6) is 0.553. The number of carbonyl (C=O) groups excluding carboxylic acids is 1. The number of amides is 1. The summed E-state index contributed by atoms with van der Waals surface area (Å²) in [6, 6.07) is 15.7. The van der Waals surface area contributed by atoms with Crippen molar-refractivity contribution in [2.45, 2.75) is 33.2 Å². The van der Waals surface area contributed by atoms with Gasteiger partial charge in [0.25, 0.3) is 5.91 Å². The highest BCUT2D eigenvalue weighted by atomic mass is 16.1. The SMILES string of the molecule is CC[C@@H](NC(=O)c1cnc2c(c1)c(C)nn2-c1ccccn1)c1ccc(C)cc1. The van der Waals surface area contributed by atoms with E-state index >= 15 is 0 Å². The first-order valence-electron chi connectivity index (χ1n) is 9.71. The Morgan fingerprint density at radius 1 is 1.10 bits per heavy atom. The summed E-state index contributed by atoms with van der Waals surface area (Å²) in [6.07, 6.45) is 4.12. The van der Waals surface area contributed by atoms with Crippen molar-refractivity contribution in [2.75, 3.05) is 0 Å². The lowest BCUT2D eigenvalue weighted by Crippen LogP contribution is -2.28. The molecular formula is C23H23N5O. The van der Waals surface area contributed by atoms with Crippen LogP contribution < -0.4 is 5.32 Å². The average Bonchev–Trinajstić information content (AvgIpc) is 3.09. The van der Waals surface area contributed by atoms with Crippen LogP contribution in [0, 0.1) is 13.8 Å². The van der Waals surface area contributed by atoms with Gasteiger partial charge in [0.05, 0.1) is 17.3 Å². The summed E-state index contributed by atoms with van der Waals surface area (Å²) in [4.78, 5) is 21.8. The molecule has 0 saturated carbocycles. The van der Waals surface area contributed by atoms with E-state index in [0.717, 1.165) is 23.1 Å². The molecule has 4 rings (SSSR count). The van der Waals surface area contributed by atoms with Crippen LogP contribution in [-0.2, 0) is 0 Å². The van der Waals surface area contributed by atoms with Crippen molar-refractivity contribution >= 4 is 16.9 Å². The fourth-order valence-corrected chi connectivity index (χ4v) is 3.37. The minimum Gasteiger partial charge on any atom is -0.345 e. The Labute approximate surface area is 169 Å². The zero-order valence-corrected chi connectivity index (χ0v) is 16.8. The van der Waals surface area contributed by atoms with Crippen molar-refractivity contribution in [3.05, 3.63) is 83.3 Å². The number of hydrogen-bond donors (Lipinski definition) is 1. The third-order valence-electron chi connectivity index (χ3n) is 5.03. The molecule has 3 aromatic heterocycles. The Hall–Kier alpha value is -3.54. The number of rotatable bonds is 5. The summed E-state index contributed by atoms with van der Waals surface area (Å²) in [5.41, 5.74) is 4.30. The number of nitrogens with one attached hydrogen (secondary N) is 1. The number of pyridine rings is 2. The maximum atomic E-state index is 12.9. The van der Waals surface area contributed by atoms with Gasteiger partial charge >= 0.3 is 0 Å². The van der Waals surface area contributed by atoms with Crippen LogP contribution in [0.1, 0.15) is 46.6 Å². The topological polar surface area (TPSA) is 72.7 Å². The first-order chi connectivity index (χ1) is 14.1. The first-order valence-corrected chi connectivity index (χ1v) is 9.71. The minimum atomic E-state index is -0.142. The van der Waals surface area contributed by atoms with Crippen LogP contribution in [0.2, 0.25) is 0 Å². The van der Waals surface area contributed by atoms with E-state index in [1.54, 1.807) is 17.1 Å². The molecule has 0 radical (unpaired) electrons. The third kappa shape index (κ3) is 3.74. The molecule has 0 aliphatic heterocycles. The van der Waals surface area contributed by atoms with Gasteiger partial charge in [-0.05, 0) is 44.0 Å². The highest BCUT2D eigenvalue weighted by Gasteiger charge is 2.17. The highest BCUT2D eigenvalue weighted by molar-refractivity contribution is 5.97. The summed E-state index contributed by atoms with van der Waals surface area (Å²) in [7, 11) is 0. The van der Waals surface area contributed by atoms with Gasteiger partial charge in [-0.25, -0.2) is 9.97 Å². The van der Waals surface area contributed by atoms with E-state index in [0.29, 0.717) is 17.0 Å². The van der Waals surface area contributed by atoms with Crippen molar-refractivity contribution < 1.29 is 4.79 Å². The molecule has 6 heteroatoms. The maximum absolute atomic E-state index is 12.9. The molecule has 1 N–H and O–H groups in total. The molecule has 6 nitrogen and oxygen atoms in total. The largest absolute Gasteiger partial charge is 0.345 e. The van der Waals surface area contributed by atoms with E-state index < -0.39 is 0 Å². The third-order valence-corrected chi connectivity index (χ3v) is 5.03. The molecule has 3 heterocycles. The van der Waals surface area contributed by atoms with Crippen molar-refractivity contribution in [3.63, 3.8) is 0 Å². The van der Waals surface area contributed by atoms with Gasteiger partial charge in [-0.2, -0.15) is 9.78 Å². The lowest BCUT2D eigenvalue weighted by Gasteiger charge is -2.17. The summed E-state index contributed by atoms with van der Waals surface area (Å²) in [5, 5.41) is 8.52. The fraction of sp³-hybridized carbons (Fsp3) is 0.217. The molecule has 146 valence electrons. The maximum Gasteiger partial charge on any atom is 0.253 e. The molecule has 0 fully saturated rings. The fourth-order valence-electron chi connectivity index (χ4n) is 3.37. The summed E-state index contributed by atoms with van der Waals surface area (Å²) < 4.78 is 1.70. The zero-order valence-electron chi connectivity index (χ0n) is 16.8. The van der Waals surface area contributed by atoms with Crippen LogP contribution >= 0.6 is 0 Å². The number of carbonyl (C=O) groups is 1. The second-order valence-electron chi connectivity index (χ2n) is 7.13. The van der Waals surface area contributed by atoms with Gasteiger partial charge in [0, 0.05) is 17.8 Å². The number of hydrogen-bond acceptors (Lipinski definition) is 4. The van der Waals surface area contributed by atoms with Gasteiger partial charge in [-0.15, -0.1) is 0 Å². The Morgan fingerprint density at radius 3 is 2.59 bits per heavy atom. The molecular weight excluding hydrogens is 362 g/mol. The van der Waals surface area contributed by atoms with E-state index in [4.69, 9.17) is 0 Å². The van der Waals surface area contributed by atoms with Gasteiger partial charge in [0.1, 0.15) is 0 Å². The molecule has 1 atom stereocenters. The number of aryl methyl sites for hydroxylation is 2. The molecule has 4 aromatic rings. The van der Waals surface area contributed by atoms with Gasteiger partial charge in [-0.1, -0.05) is 42.8 Å². The van der Waals surface area contributed by atoms with Gasteiger partial charge in [-0.3, -0.25) is 4.79 Å². The quantitative estimate of drug-likeness (QED) is 0.555. The predicted octanol–water partition coefficient (Wildman–Crippen LogP) is 4.31. The number of aromatic nitrogens is 4. The molecule has 29 heavy (non-hydrogen) atoms. The van der Waals surface area contributed by atoms with Crippen LogP contribution in [0.25, 0.3) is 16.9 Å². The second kappa shape index (κ2) is 7.83. The minimum absolute atomic E-state index is 0.0452. The van der Waals surface area contributed by atoms with E-state index in [9.17, 15) is 4.79 Å². The predicted molar refractivity (Wildman–Crippen MR) is 113 cm³/mol. The lowest BCUT2D eigenvalue weighted by molar-refractivity contribution is 0.0935. The number of nitrogens with zero attached hydrogens (tertiary/aromatic N) is 4. The molecule has 0 bridgehead atoms. The second-order valence-corrected chi connectivity index (χ2v) is 7.13. The standard InChI is InChI=1S/C23H23N5O/c1-4-20(17-10-8-15(2)9-11-17)26-23(29)18-13-19-16(3)27-28(22(19)25-14-18)21-7-5-6-12-24-21/h5-14,20H,4H2,1-3H3,(H,26,29)/t20-/m1/s1. The van der Waals surface area contributed by atoms with Crippen molar-refractivity contribution in [1.82, 2.24) is 25.1 Å². The Kier molecular flexibility index (Phi) is 5.08. The average molecular weight is 385 g/mol. The van der Waals surface area contributed by atoms with Gasteiger partial charge < -0.3 is 5.32 Å². The smallest absolute Gasteiger partial charge is 0.253 e. The number of benzene rings is 1. The number of fused-ring (bicyclic) bond motifs is 1. The van der Waals surface area contributed by atoms with Gasteiger partial charge in [0.2, 0.25) is 0 Å². The molecule has 1 amide bonds. The highest BCUT2D eigenvalue weighted by Crippen LogP contribution is 2.22. The molecule has 0 spiro atoms. The molecule has 0 aliphatic rings. The molecule has 0 saturated heterocycles. The Morgan fingerprint density at radius 2 is 1.90 bits per heavy atom. The lowest BCUT2D eigenvalue weighted by atomic mass is 10.0. The van der Waals surface area contributed by atoms with Crippen molar-refractivity contribution in [2.24, 2.45) is 0 Å². The van der Waals surface area contributed by atoms with Crippen LogP contribution in [-0.4, -0.2) is 25.7 Å². The van der Waals surface area contributed by atoms with E-state index in [-0.39, 0.29) is 11.9 Å². The molecule has 0 unspecified atom stereocenters. The Bertz CT molecular complexity index is 1150. The van der Waals surface area contributed by atoms with E-state index in [2.05, 4.69) is 58.5 Å². The van der Waals surface area contributed by atoms with Crippen molar-refractivity contribution in [1.29, 1.82) is 0 Å². The monoisotopic (exact) mass is 385 g/mol.